The fourth-order valence-electron chi connectivity index (χ4n) is 4.91. The van der Waals surface area contributed by atoms with Crippen LogP contribution < -0.4 is 5.32 Å². The smallest absolute Gasteiger partial charge is 0.322 e. The molecule has 1 unspecified atom stereocenters. The Labute approximate surface area is 171 Å². The van der Waals surface area contributed by atoms with Gasteiger partial charge >= 0.3 is 6.03 Å². The molecule has 3 amide bonds. The van der Waals surface area contributed by atoms with Gasteiger partial charge in [0.05, 0.1) is 10.9 Å². The molecule has 0 radical (unpaired) electrons. The van der Waals surface area contributed by atoms with Crippen LogP contribution >= 0.6 is 11.3 Å². The first-order valence-electron chi connectivity index (χ1n) is 10.8. The average Bonchev–Trinajstić information content (AvgIpc) is 3.27. The normalized spacial score (nSPS) is 24.9. The van der Waals surface area contributed by atoms with E-state index in [1.54, 1.807) is 0 Å². The number of rotatable bonds is 3. The summed E-state index contributed by atoms with van der Waals surface area (Å²) >= 11 is 1.52. The lowest BCUT2D eigenvalue weighted by Crippen LogP contribution is -2.55. The highest BCUT2D eigenvalue weighted by Gasteiger charge is 2.33. The number of carbonyl (C=O) groups excluding carboxylic acids is 2. The first kappa shape index (κ1) is 19.7. The molecule has 1 atom stereocenters. The van der Waals surface area contributed by atoms with E-state index in [-0.39, 0.29) is 17.9 Å². The van der Waals surface area contributed by atoms with Crippen LogP contribution in [0.2, 0.25) is 0 Å². The van der Waals surface area contributed by atoms with E-state index in [0.717, 1.165) is 56.6 Å². The lowest BCUT2D eigenvalue weighted by atomic mass is 9.93. The first-order chi connectivity index (χ1) is 13.7. The zero-order valence-electron chi connectivity index (χ0n) is 16.6. The van der Waals surface area contributed by atoms with Crippen LogP contribution in [0.1, 0.15) is 44.9 Å². The minimum absolute atomic E-state index is 0.0518. The van der Waals surface area contributed by atoms with Crippen molar-refractivity contribution in [1.82, 2.24) is 14.7 Å². The quantitative estimate of drug-likeness (QED) is 0.839. The minimum Gasteiger partial charge on any atom is -0.340 e. The second-order valence-corrected chi connectivity index (χ2v) is 9.29. The summed E-state index contributed by atoms with van der Waals surface area (Å²) < 4.78 is 0. The number of likely N-dealkylation sites (tertiary alicyclic amines) is 1. The molecule has 2 saturated heterocycles. The van der Waals surface area contributed by atoms with Gasteiger partial charge in [-0.3, -0.25) is 15.0 Å². The van der Waals surface area contributed by atoms with Crippen molar-refractivity contribution in [2.45, 2.75) is 51.0 Å². The summed E-state index contributed by atoms with van der Waals surface area (Å²) in [5.41, 5.74) is 0. The number of carbonyl (C=O) groups is 2. The topological polar surface area (TPSA) is 55.9 Å². The van der Waals surface area contributed by atoms with Gasteiger partial charge in [0.25, 0.3) is 0 Å². The SMILES string of the molecule is O=C(Nc1cccs1)N1CCCC(C(=O)N2CCN(C3CCCCC3)CC2)C1. The number of piperazine rings is 1. The monoisotopic (exact) mass is 404 g/mol. The molecule has 0 bridgehead atoms. The lowest BCUT2D eigenvalue weighted by Gasteiger charge is -2.42. The maximum Gasteiger partial charge on any atom is 0.322 e. The van der Waals surface area contributed by atoms with Crippen molar-refractivity contribution in [3.05, 3.63) is 17.5 Å². The molecule has 6 nitrogen and oxygen atoms in total. The van der Waals surface area contributed by atoms with E-state index < -0.39 is 0 Å². The molecule has 1 saturated carbocycles. The summed E-state index contributed by atoms with van der Waals surface area (Å²) in [6, 6.07) is 4.48. The van der Waals surface area contributed by atoms with Gasteiger partial charge in [0, 0.05) is 45.3 Å². The average molecular weight is 405 g/mol. The van der Waals surface area contributed by atoms with Gasteiger partial charge in [0.15, 0.2) is 0 Å². The molecule has 7 heteroatoms. The highest BCUT2D eigenvalue weighted by atomic mass is 32.1. The lowest BCUT2D eigenvalue weighted by molar-refractivity contribution is -0.139. The molecule has 1 aromatic heterocycles. The molecule has 3 fully saturated rings. The van der Waals surface area contributed by atoms with Gasteiger partial charge in [-0.05, 0) is 43.2 Å². The van der Waals surface area contributed by atoms with Gasteiger partial charge in [0.2, 0.25) is 5.91 Å². The van der Waals surface area contributed by atoms with Crippen molar-refractivity contribution in [1.29, 1.82) is 0 Å². The summed E-state index contributed by atoms with van der Waals surface area (Å²) in [6.07, 6.45) is 8.54. The van der Waals surface area contributed by atoms with E-state index in [1.807, 2.05) is 27.3 Å². The molecular weight excluding hydrogens is 372 g/mol. The van der Waals surface area contributed by atoms with E-state index >= 15 is 0 Å². The van der Waals surface area contributed by atoms with Gasteiger partial charge < -0.3 is 9.80 Å². The third-order valence-electron chi connectivity index (χ3n) is 6.53. The van der Waals surface area contributed by atoms with Crippen molar-refractivity contribution in [3.63, 3.8) is 0 Å². The van der Waals surface area contributed by atoms with E-state index in [1.165, 1.54) is 43.4 Å². The van der Waals surface area contributed by atoms with Crippen LogP contribution in [0.5, 0.6) is 0 Å². The second kappa shape index (κ2) is 9.27. The first-order valence-corrected chi connectivity index (χ1v) is 11.7. The standard InChI is InChI=1S/C21H32N4O2S/c26-20(24-13-11-23(12-14-24)18-7-2-1-3-8-18)17-6-4-10-25(16-17)21(27)22-19-9-5-15-28-19/h5,9,15,17-18H,1-4,6-8,10-14,16H2,(H,22,27). The summed E-state index contributed by atoms with van der Waals surface area (Å²) in [4.78, 5) is 32.0. The molecule has 1 aliphatic carbocycles. The predicted molar refractivity (Wildman–Crippen MR) is 113 cm³/mol. The van der Waals surface area contributed by atoms with Gasteiger partial charge in [-0.1, -0.05) is 19.3 Å². The molecule has 0 aromatic carbocycles. The maximum atomic E-state index is 13.1. The van der Waals surface area contributed by atoms with Gasteiger partial charge in [-0.25, -0.2) is 4.79 Å². The largest absolute Gasteiger partial charge is 0.340 e. The predicted octanol–water partition coefficient (Wildman–Crippen LogP) is 3.47. The highest BCUT2D eigenvalue weighted by molar-refractivity contribution is 7.14. The number of piperidine rings is 1. The molecule has 4 rings (SSSR count). The third-order valence-corrected chi connectivity index (χ3v) is 7.31. The van der Waals surface area contributed by atoms with Crippen LogP contribution in [0.15, 0.2) is 17.5 Å². The Morgan fingerprint density at radius 2 is 1.71 bits per heavy atom. The van der Waals surface area contributed by atoms with Gasteiger partial charge in [-0.15, -0.1) is 11.3 Å². The van der Waals surface area contributed by atoms with Crippen molar-refractivity contribution < 1.29 is 9.59 Å². The Kier molecular flexibility index (Phi) is 6.52. The van der Waals surface area contributed by atoms with Crippen molar-refractivity contribution in [2.75, 3.05) is 44.6 Å². The van der Waals surface area contributed by atoms with Crippen molar-refractivity contribution >= 4 is 28.3 Å². The highest BCUT2D eigenvalue weighted by Crippen LogP contribution is 2.25. The number of anilines is 1. The molecule has 0 spiro atoms. The van der Waals surface area contributed by atoms with Crippen LogP contribution in [0, 0.1) is 5.92 Å². The fraction of sp³-hybridized carbons (Fsp3) is 0.714. The zero-order chi connectivity index (χ0) is 19.3. The summed E-state index contributed by atoms with van der Waals surface area (Å²) in [5, 5.41) is 5.75. The van der Waals surface area contributed by atoms with Gasteiger partial charge in [-0.2, -0.15) is 0 Å². The number of hydrogen-bond acceptors (Lipinski definition) is 4. The molecule has 3 heterocycles. The number of nitrogens with zero attached hydrogens (tertiary/aromatic N) is 3. The molecule has 1 N–H and O–H groups in total. The number of thiophene rings is 1. The Morgan fingerprint density at radius 3 is 2.43 bits per heavy atom. The van der Waals surface area contributed by atoms with E-state index in [9.17, 15) is 9.59 Å². The van der Waals surface area contributed by atoms with E-state index in [0.29, 0.717) is 6.54 Å². The van der Waals surface area contributed by atoms with Crippen LogP contribution in [0.25, 0.3) is 0 Å². The Balaban J connectivity index is 1.26. The summed E-state index contributed by atoms with van der Waals surface area (Å²) in [6.45, 7) is 4.97. The Bertz CT molecular complexity index is 651. The van der Waals surface area contributed by atoms with Crippen molar-refractivity contribution in [3.8, 4) is 0 Å². The Morgan fingerprint density at radius 1 is 0.929 bits per heavy atom. The summed E-state index contributed by atoms with van der Waals surface area (Å²) in [7, 11) is 0. The van der Waals surface area contributed by atoms with E-state index in [4.69, 9.17) is 0 Å². The molecule has 28 heavy (non-hydrogen) atoms. The number of nitrogens with one attached hydrogen (secondary N) is 1. The molecular formula is C21H32N4O2S. The maximum absolute atomic E-state index is 13.1. The van der Waals surface area contributed by atoms with Crippen LogP contribution in [-0.4, -0.2) is 71.9 Å². The second-order valence-electron chi connectivity index (χ2n) is 8.35. The summed E-state index contributed by atoms with van der Waals surface area (Å²) in [5.74, 6) is 0.195. The number of urea groups is 1. The van der Waals surface area contributed by atoms with Crippen LogP contribution in [-0.2, 0) is 4.79 Å². The number of amides is 3. The van der Waals surface area contributed by atoms with Gasteiger partial charge in [0.1, 0.15) is 0 Å². The van der Waals surface area contributed by atoms with E-state index in [2.05, 4.69) is 10.2 Å². The zero-order valence-corrected chi connectivity index (χ0v) is 17.5. The minimum atomic E-state index is -0.0814. The Hall–Kier alpha value is -1.60. The molecule has 3 aliphatic rings. The molecule has 1 aromatic rings. The van der Waals surface area contributed by atoms with Crippen LogP contribution in [0.3, 0.4) is 0 Å². The van der Waals surface area contributed by atoms with Crippen LogP contribution in [0.4, 0.5) is 9.80 Å². The third kappa shape index (κ3) is 4.69. The fourth-order valence-corrected chi connectivity index (χ4v) is 5.52. The molecule has 154 valence electrons. The van der Waals surface area contributed by atoms with Crippen molar-refractivity contribution in [2.24, 2.45) is 5.92 Å². The molecule has 2 aliphatic heterocycles. The number of hydrogen-bond donors (Lipinski definition) is 1.